The van der Waals surface area contributed by atoms with Gasteiger partial charge in [-0.25, -0.2) is 13.8 Å². The molecule has 0 radical (unpaired) electrons. The number of aromatic nitrogens is 1. The normalized spacial score (nSPS) is 11.1. The highest BCUT2D eigenvalue weighted by Gasteiger charge is 2.09. The van der Waals surface area contributed by atoms with E-state index >= 15 is 0 Å². The van der Waals surface area contributed by atoms with Gasteiger partial charge in [-0.15, -0.1) is 0 Å². The van der Waals surface area contributed by atoms with Gasteiger partial charge in [-0.2, -0.15) is 0 Å². The minimum absolute atomic E-state index is 0.177. The van der Waals surface area contributed by atoms with Gasteiger partial charge in [0, 0.05) is 25.2 Å². The molecular formula is C12H12F2N2. The predicted octanol–water partition coefficient (Wildman–Crippen LogP) is 3.24. The second-order valence-corrected chi connectivity index (χ2v) is 3.81. The molecule has 0 saturated heterocycles. The first kappa shape index (κ1) is 10.8. The molecule has 16 heavy (non-hydrogen) atoms. The Bertz CT molecular complexity index is 467. The van der Waals surface area contributed by atoms with Crippen LogP contribution in [0.15, 0.2) is 30.3 Å². The van der Waals surface area contributed by atoms with Crippen LogP contribution < -0.4 is 4.90 Å². The van der Waals surface area contributed by atoms with Gasteiger partial charge in [0.15, 0.2) is 0 Å². The van der Waals surface area contributed by atoms with Crippen molar-refractivity contribution in [2.24, 2.45) is 0 Å². The average molecular weight is 222 g/mol. The highest BCUT2D eigenvalue weighted by atomic mass is 19.3. The molecule has 2 aromatic rings. The zero-order valence-electron chi connectivity index (χ0n) is 9.11. The van der Waals surface area contributed by atoms with E-state index in [9.17, 15) is 8.78 Å². The van der Waals surface area contributed by atoms with Crippen molar-refractivity contribution in [3.8, 4) is 0 Å². The van der Waals surface area contributed by atoms with Crippen molar-refractivity contribution in [2.45, 2.75) is 6.43 Å². The first-order valence-corrected chi connectivity index (χ1v) is 4.94. The summed E-state index contributed by atoms with van der Waals surface area (Å²) in [6, 6.07) is 8.66. The van der Waals surface area contributed by atoms with Gasteiger partial charge in [-0.3, -0.25) is 0 Å². The number of rotatable bonds is 2. The van der Waals surface area contributed by atoms with Crippen molar-refractivity contribution < 1.29 is 8.78 Å². The van der Waals surface area contributed by atoms with E-state index in [2.05, 4.69) is 4.98 Å². The van der Waals surface area contributed by atoms with Gasteiger partial charge in [-0.1, -0.05) is 12.1 Å². The van der Waals surface area contributed by atoms with Crippen LogP contribution in [0.2, 0.25) is 0 Å². The fourth-order valence-electron chi connectivity index (χ4n) is 1.52. The Kier molecular flexibility index (Phi) is 2.73. The average Bonchev–Trinajstić information content (AvgIpc) is 2.27. The molecule has 0 saturated carbocycles. The molecule has 0 amide bonds. The van der Waals surface area contributed by atoms with Gasteiger partial charge in [0.1, 0.15) is 5.69 Å². The Hall–Kier alpha value is -1.71. The third-order valence-corrected chi connectivity index (χ3v) is 2.44. The Morgan fingerprint density at radius 1 is 1.12 bits per heavy atom. The molecule has 0 aliphatic rings. The lowest BCUT2D eigenvalue weighted by atomic mass is 10.2. The molecule has 0 atom stereocenters. The first-order valence-electron chi connectivity index (χ1n) is 4.94. The quantitative estimate of drug-likeness (QED) is 0.775. The van der Waals surface area contributed by atoms with Crippen LogP contribution in [0, 0.1) is 0 Å². The summed E-state index contributed by atoms with van der Waals surface area (Å²) in [5.41, 5.74) is 1.37. The first-order chi connectivity index (χ1) is 7.58. The molecule has 1 heterocycles. The zero-order chi connectivity index (χ0) is 11.7. The number of hydrogen-bond acceptors (Lipinski definition) is 2. The van der Waals surface area contributed by atoms with Gasteiger partial charge in [0.05, 0.1) is 5.52 Å². The molecule has 0 N–H and O–H groups in total. The molecule has 0 aliphatic heterocycles. The Balaban J connectivity index is 2.56. The summed E-state index contributed by atoms with van der Waals surface area (Å²) in [6.45, 7) is 0. The molecule has 0 fully saturated rings. The largest absolute Gasteiger partial charge is 0.378 e. The molecule has 0 aliphatic carbocycles. The van der Waals surface area contributed by atoms with E-state index in [0.717, 1.165) is 11.1 Å². The number of hydrogen-bond donors (Lipinski definition) is 0. The van der Waals surface area contributed by atoms with Gasteiger partial charge in [0.25, 0.3) is 6.43 Å². The van der Waals surface area contributed by atoms with Gasteiger partial charge >= 0.3 is 0 Å². The highest BCUT2D eigenvalue weighted by Crippen LogP contribution is 2.23. The second-order valence-electron chi connectivity index (χ2n) is 3.81. The SMILES string of the molecule is CN(C)c1ccc2ccc(C(F)F)nc2c1. The molecule has 0 bridgehead atoms. The summed E-state index contributed by atoms with van der Waals surface area (Å²) in [5, 5.41) is 0.870. The van der Waals surface area contributed by atoms with E-state index < -0.39 is 6.43 Å². The fraction of sp³-hybridized carbons (Fsp3) is 0.250. The van der Waals surface area contributed by atoms with Crippen LogP contribution in [0.4, 0.5) is 14.5 Å². The van der Waals surface area contributed by atoms with Crippen LogP contribution in [-0.2, 0) is 0 Å². The van der Waals surface area contributed by atoms with Gasteiger partial charge in [-0.05, 0) is 18.2 Å². The highest BCUT2D eigenvalue weighted by molar-refractivity contribution is 5.82. The maximum atomic E-state index is 12.5. The van der Waals surface area contributed by atoms with E-state index in [-0.39, 0.29) is 5.69 Å². The molecule has 2 nitrogen and oxygen atoms in total. The number of benzene rings is 1. The van der Waals surface area contributed by atoms with Crippen molar-refractivity contribution >= 4 is 16.6 Å². The van der Waals surface area contributed by atoms with Crippen LogP contribution in [0.3, 0.4) is 0 Å². The van der Waals surface area contributed by atoms with E-state index in [1.165, 1.54) is 6.07 Å². The molecule has 2 rings (SSSR count). The molecule has 0 spiro atoms. The Morgan fingerprint density at radius 2 is 1.81 bits per heavy atom. The summed E-state index contributed by atoms with van der Waals surface area (Å²) in [6.07, 6.45) is -2.52. The molecule has 84 valence electrons. The van der Waals surface area contributed by atoms with Crippen molar-refractivity contribution in [1.82, 2.24) is 4.98 Å². The van der Waals surface area contributed by atoms with Crippen LogP contribution in [0.5, 0.6) is 0 Å². The molecule has 1 aromatic carbocycles. The van der Waals surface area contributed by atoms with E-state index in [4.69, 9.17) is 0 Å². The van der Waals surface area contributed by atoms with E-state index in [1.807, 2.05) is 31.1 Å². The van der Waals surface area contributed by atoms with Gasteiger partial charge in [0.2, 0.25) is 0 Å². The Labute approximate surface area is 92.5 Å². The lowest BCUT2D eigenvalue weighted by Crippen LogP contribution is -2.08. The van der Waals surface area contributed by atoms with Crippen molar-refractivity contribution in [3.05, 3.63) is 36.0 Å². The third kappa shape index (κ3) is 1.96. The van der Waals surface area contributed by atoms with Crippen LogP contribution in [0.1, 0.15) is 12.1 Å². The number of pyridine rings is 1. The zero-order valence-corrected chi connectivity index (χ0v) is 9.11. The van der Waals surface area contributed by atoms with Crippen LogP contribution >= 0.6 is 0 Å². The van der Waals surface area contributed by atoms with Crippen LogP contribution in [0.25, 0.3) is 10.9 Å². The van der Waals surface area contributed by atoms with E-state index in [0.29, 0.717) is 5.52 Å². The number of nitrogens with zero attached hydrogens (tertiary/aromatic N) is 2. The topological polar surface area (TPSA) is 16.1 Å². The van der Waals surface area contributed by atoms with Crippen molar-refractivity contribution in [3.63, 3.8) is 0 Å². The number of fused-ring (bicyclic) bond motifs is 1. The summed E-state index contributed by atoms with van der Waals surface area (Å²) in [4.78, 5) is 5.85. The summed E-state index contributed by atoms with van der Waals surface area (Å²) >= 11 is 0. The predicted molar refractivity (Wildman–Crippen MR) is 61.0 cm³/mol. The molecule has 1 aromatic heterocycles. The smallest absolute Gasteiger partial charge is 0.280 e. The number of alkyl halides is 2. The van der Waals surface area contributed by atoms with Crippen LogP contribution in [-0.4, -0.2) is 19.1 Å². The minimum Gasteiger partial charge on any atom is -0.378 e. The summed E-state index contributed by atoms with van der Waals surface area (Å²) in [5.74, 6) is 0. The summed E-state index contributed by atoms with van der Waals surface area (Å²) < 4.78 is 25.0. The minimum atomic E-state index is -2.52. The fourth-order valence-corrected chi connectivity index (χ4v) is 1.52. The second kappa shape index (κ2) is 4.04. The molecule has 4 heteroatoms. The van der Waals surface area contributed by atoms with Crippen molar-refractivity contribution in [1.29, 1.82) is 0 Å². The monoisotopic (exact) mass is 222 g/mol. The molecular weight excluding hydrogens is 210 g/mol. The standard InChI is InChI=1S/C12H12F2N2/c1-16(2)9-5-3-8-4-6-10(12(13)14)15-11(8)7-9/h3-7,12H,1-2H3. The Morgan fingerprint density at radius 3 is 2.44 bits per heavy atom. The maximum absolute atomic E-state index is 12.5. The number of anilines is 1. The lowest BCUT2D eigenvalue weighted by molar-refractivity contribution is 0.146. The molecule has 0 unspecified atom stereocenters. The van der Waals surface area contributed by atoms with Gasteiger partial charge < -0.3 is 4.90 Å². The summed E-state index contributed by atoms with van der Waals surface area (Å²) in [7, 11) is 3.80. The lowest BCUT2D eigenvalue weighted by Gasteiger charge is -2.12. The number of halogens is 2. The maximum Gasteiger partial charge on any atom is 0.280 e. The van der Waals surface area contributed by atoms with E-state index in [1.54, 1.807) is 12.1 Å². The third-order valence-electron chi connectivity index (χ3n) is 2.44. The van der Waals surface area contributed by atoms with Crippen molar-refractivity contribution in [2.75, 3.05) is 19.0 Å².